The van der Waals surface area contributed by atoms with Crippen LogP contribution < -0.4 is 11.5 Å². The van der Waals surface area contributed by atoms with Crippen molar-refractivity contribution in [2.75, 3.05) is 0 Å². The molecule has 3 nitrogen and oxygen atoms in total. The molecule has 0 amide bonds. The normalized spacial score (nSPS) is 22.1. The second kappa shape index (κ2) is 4.52. The molecule has 0 saturated carbocycles. The van der Waals surface area contributed by atoms with Gasteiger partial charge in [0.1, 0.15) is 0 Å². The summed E-state index contributed by atoms with van der Waals surface area (Å²) >= 11 is 0. The molecular formula is C15H18N2O. The van der Waals surface area contributed by atoms with Crippen molar-refractivity contribution in [3.63, 3.8) is 0 Å². The Morgan fingerprint density at radius 2 is 1.83 bits per heavy atom. The van der Waals surface area contributed by atoms with Crippen LogP contribution in [0.4, 0.5) is 0 Å². The lowest BCUT2D eigenvalue weighted by Gasteiger charge is -2.33. The fraction of sp³-hybridized carbons (Fsp3) is 0.267. The van der Waals surface area contributed by atoms with Gasteiger partial charge in [-0.25, -0.2) is 0 Å². The Hall–Kier alpha value is -1.71. The van der Waals surface area contributed by atoms with Crippen molar-refractivity contribution >= 4 is 5.78 Å². The van der Waals surface area contributed by atoms with E-state index in [1.807, 2.05) is 44.2 Å². The maximum absolute atomic E-state index is 12.4. The van der Waals surface area contributed by atoms with Crippen LogP contribution in [0.25, 0.3) is 0 Å². The highest BCUT2D eigenvalue weighted by Crippen LogP contribution is 2.29. The molecule has 0 fully saturated rings. The Kier molecular flexibility index (Phi) is 3.20. The van der Waals surface area contributed by atoms with Crippen LogP contribution in [-0.2, 0) is 0 Å². The Labute approximate surface area is 107 Å². The SMILES string of the molecule is CC1=C(C(=O)c2ccccc2)C=CC(N)(N)C1C. The zero-order valence-corrected chi connectivity index (χ0v) is 10.7. The molecule has 4 N–H and O–H groups in total. The average Bonchev–Trinajstić information content (AvgIpc) is 2.37. The molecule has 1 unspecified atom stereocenters. The molecule has 0 bridgehead atoms. The van der Waals surface area contributed by atoms with Crippen LogP contribution in [0.5, 0.6) is 0 Å². The van der Waals surface area contributed by atoms with Gasteiger partial charge < -0.3 is 11.5 Å². The van der Waals surface area contributed by atoms with Gasteiger partial charge in [-0.3, -0.25) is 4.79 Å². The number of carbonyl (C=O) groups is 1. The van der Waals surface area contributed by atoms with Gasteiger partial charge in [0, 0.05) is 17.1 Å². The van der Waals surface area contributed by atoms with Gasteiger partial charge in [-0.1, -0.05) is 48.9 Å². The number of Topliss-reactive ketones (excluding diaryl/α,β-unsaturated/α-hetero) is 1. The van der Waals surface area contributed by atoms with Crippen LogP contribution in [-0.4, -0.2) is 11.4 Å². The number of hydrogen-bond acceptors (Lipinski definition) is 3. The van der Waals surface area contributed by atoms with Crippen molar-refractivity contribution in [3.8, 4) is 0 Å². The first kappa shape index (κ1) is 12.7. The van der Waals surface area contributed by atoms with Gasteiger partial charge in [-0.05, 0) is 13.0 Å². The summed E-state index contributed by atoms with van der Waals surface area (Å²) in [5, 5.41) is 0. The van der Waals surface area contributed by atoms with Crippen LogP contribution in [0.3, 0.4) is 0 Å². The molecule has 0 heterocycles. The number of carbonyl (C=O) groups excluding carboxylic acids is 1. The van der Waals surface area contributed by atoms with Crippen molar-refractivity contribution in [1.29, 1.82) is 0 Å². The summed E-state index contributed by atoms with van der Waals surface area (Å²) in [5.41, 5.74) is 13.4. The topological polar surface area (TPSA) is 69.1 Å². The van der Waals surface area contributed by atoms with Gasteiger partial charge >= 0.3 is 0 Å². The van der Waals surface area contributed by atoms with Crippen molar-refractivity contribution in [3.05, 3.63) is 59.2 Å². The number of hydrogen-bond donors (Lipinski definition) is 2. The zero-order chi connectivity index (χ0) is 13.3. The smallest absolute Gasteiger partial charge is 0.192 e. The summed E-state index contributed by atoms with van der Waals surface area (Å²) in [6, 6.07) is 9.23. The molecule has 0 aliphatic heterocycles. The lowest BCUT2D eigenvalue weighted by molar-refractivity contribution is 0.103. The Bertz CT molecular complexity index is 527. The lowest BCUT2D eigenvalue weighted by Crippen LogP contribution is -2.54. The van der Waals surface area contributed by atoms with Crippen LogP contribution in [0.15, 0.2) is 53.6 Å². The maximum atomic E-state index is 12.4. The van der Waals surface area contributed by atoms with Gasteiger partial charge in [0.2, 0.25) is 0 Å². The van der Waals surface area contributed by atoms with Crippen LogP contribution in [0.1, 0.15) is 24.2 Å². The second-order valence-electron chi connectivity index (χ2n) is 4.85. The largest absolute Gasteiger partial charge is 0.310 e. The quantitative estimate of drug-likeness (QED) is 0.615. The summed E-state index contributed by atoms with van der Waals surface area (Å²) in [7, 11) is 0. The molecule has 0 spiro atoms. The third-order valence-electron chi connectivity index (χ3n) is 3.64. The second-order valence-corrected chi connectivity index (χ2v) is 4.85. The molecule has 1 aliphatic rings. The van der Waals surface area contributed by atoms with E-state index in [0.717, 1.165) is 5.57 Å². The Morgan fingerprint density at radius 1 is 1.22 bits per heavy atom. The van der Waals surface area contributed by atoms with Crippen molar-refractivity contribution in [2.24, 2.45) is 17.4 Å². The van der Waals surface area contributed by atoms with E-state index in [9.17, 15) is 4.79 Å². The minimum atomic E-state index is -0.870. The third kappa shape index (κ3) is 2.15. The minimum Gasteiger partial charge on any atom is -0.310 e. The molecule has 1 atom stereocenters. The van der Waals surface area contributed by atoms with E-state index in [-0.39, 0.29) is 11.7 Å². The lowest BCUT2D eigenvalue weighted by atomic mass is 9.80. The highest BCUT2D eigenvalue weighted by Gasteiger charge is 2.31. The summed E-state index contributed by atoms with van der Waals surface area (Å²) < 4.78 is 0. The van der Waals surface area contributed by atoms with Crippen LogP contribution in [0, 0.1) is 5.92 Å². The number of rotatable bonds is 2. The molecule has 0 radical (unpaired) electrons. The summed E-state index contributed by atoms with van der Waals surface area (Å²) in [6.45, 7) is 3.86. The molecule has 1 aromatic carbocycles. The number of ketones is 1. The van der Waals surface area contributed by atoms with E-state index in [1.165, 1.54) is 0 Å². The molecule has 2 rings (SSSR count). The van der Waals surface area contributed by atoms with Crippen molar-refractivity contribution in [1.82, 2.24) is 0 Å². The van der Waals surface area contributed by atoms with Gasteiger partial charge in [0.05, 0.1) is 5.66 Å². The molecule has 0 aromatic heterocycles. The minimum absolute atomic E-state index is 0.0201. The molecule has 0 saturated heterocycles. The molecule has 18 heavy (non-hydrogen) atoms. The number of allylic oxidation sites excluding steroid dienone is 2. The molecule has 1 aromatic rings. The average molecular weight is 242 g/mol. The summed E-state index contributed by atoms with van der Waals surface area (Å²) in [5.74, 6) is -0.0307. The van der Waals surface area contributed by atoms with E-state index in [1.54, 1.807) is 12.2 Å². The summed E-state index contributed by atoms with van der Waals surface area (Å²) in [4.78, 5) is 12.4. The highest BCUT2D eigenvalue weighted by atomic mass is 16.1. The first-order chi connectivity index (χ1) is 8.43. The van der Waals surface area contributed by atoms with E-state index in [0.29, 0.717) is 11.1 Å². The predicted octanol–water partition coefficient (Wildman–Crippen LogP) is 2.01. The van der Waals surface area contributed by atoms with E-state index >= 15 is 0 Å². The van der Waals surface area contributed by atoms with E-state index in [4.69, 9.17) is 11.5 Å². The Morgan fingerprint density at radius 3 is 2.44 bits per heavy atom. The third-order valence-corrected chi connectivity index (χ3v) is 3.64. The molecule has 94 valence electrons. The van der Waals surface area contributed by atoms with E-state index in [2.05, 4.69) is 0 Å². The highest BCUT2D eigenvalue weighted by molar-refractivity contribution is 6.11. The van der Waals surface area contributed by atoms with Crippen LogP contribution >= 0.6 is 0 Å². The predicted molar refractivity (Wildman–Crippen MR) is 72.9 cm³/mol. The fourth-order valence-electron chi connectivity index (χ4n) is 2.11. The van der Waals surface area contributed by atoms with Gasteiger partial charge in [0.15, 0.2) is 5.78 Å². The first-order valence-electron chi connectivity index (χ1n) is 6.01. The Balaban J connectivity index is 2.39. The zero-order valence-electron chi connectivity index (χ0n) is 10.7. The number of nitrogens with two attached hydrogens (primary N) is 2. The fourth-order valence-corrected chi connectivity index (χ4v) is 2.11. The van der Waals surface area contributed by atoms with Crippen LogP contribution in [0.2, 0.25) is 0 Å². The molecule has 3 heteroatoms. The standard InChI is InChI=1S/C15H18N2O/c1-10-11(2)15(16,17)9-8-13(10)14(18)12-6-4-3-5-7-12/h3-9,11H,16-17H2,1-2H3. The summed E-state index contributed by atoms with van der Waals surface area (Å²) in [6.07, 6.45) is 3.45. The van der Waals surface area contributed by atoms with E-state index < -0.39 is 5.66 Å². The van der Waals surface area contributed by atoms with Crippen molar-refractivity contribution in [2.45, 2.75) is 19.5 Å². The monoisotopic (exact) mass is 242 g/mol. The molecular weight excluding hydrogens is 224 g/mol. The molecule has 1 aliphatic carbocycles. The maximum Gasteiger partial charge on any atom is 0.192 e. The first-order valence-corrected chi connectivity index (χ1v) is 6.01. The van der Waals surface area contributed by atoms with Gasteiger partial charge in [-0.2, -0.15) is 0 Å². The van der Waals surface area contributed by atoms with Crippen molar-refractivity contribution < 1.29 is 4.79 Å². The number of benzene rings is 1. The van der Waals surface area contributed by atoms with Gasteiger partial charge in [0.25, 0.3) is 0 Å². The van der Waals surface area contributed by atoms with Gasteiger partial charge in [-0.15, -0.1) is 0 Å².